The van der Waals surface area contributed by atoms with Gasteiger partial charge in [-0.1, -0.05) is 39.8 Å². The fraction of sp³-hybridized carbons (Fsp3) is 0.625. The van der Waals surface area contributed by atoms with Gasteiger partial charge in [0.2, 0.25) is 0 Å². The standard InChI is InChI=1S/C16H25NO2/c1-12(16(2,3)4)10-17-11-13-6-5-7-14-15(13)19-9-8-18-14/h5-7,12,17H,8-11H2,1-4H3. The Labute approximate surface area is 116 Å². The molecule has 0 aromatic heterocycles. The van der Waals surface area contributed by atoms with Crippen LogP contribution < -0.4 is 14.8 Å². The van der Waals surface area contributed by atoms with Crippen LogP contribution in [0.5, 0.6) is 11.5 Å². The maximum atomic E-state index is 5.71. The van der Waals surface area contributed by atoms with Crippen LogP contribution in [0.3, 0.4) is 0 Å². The smallest absolute Gasteiger partial charge is 0.165 e. The highest BCUT2D eigenvalue weighted by atomic mass is 16.6. The van der Waals surface area contributed by atoms with Gasteiger partial charge in [-0.3, -0.25) is 0 Å². The summed E-state index contributed by atoms with van der Waals surface area (Å²) in [5.74, 6) is 2.41. The van der Waals surface area contributed by atoms with Crippen molar-refractivity contribution >= 4 is 0 Å². The molecule has 1 aliphatic rings. The SMILES string of the molecule is CC(CNCc1cccc2c1OCCO2)C(C)(C)C. The molecule has 0 saturated carbocycles. The first-order chi connectivity index (χ1) is 8.98. The fourth-order valence-electron chi connectivity index (χ4n) is 2.00. The van der Waals surface area contributed by atoms with E-state index in [9.17, 15) is 0 Å². The summed E-state index contributed by atoms with van der Waals surface area (Å²) in [4.78, 5) is 0. The van der Waals surface area contributed by atoms with Crippen LogP contribution >= 0.6 is 0 Å². The molecule has 19 heavy (non-hydrogen) atoms. The molecule has 3 heteroatoms. The van der Waals surface area contributed by atoms with E-state index in [2.05, 4.69) is 39.1 Å². The Hall–Kier alpha value is -1.22. The molecule has 1 aliphatic heterocycles. The van der Waals surface area contributed by atoms with Crippen molar-refractivity contribution in [3.63, 3.8) is 0 Å². The van der Waals surface area contributed by atoms with Crippen LogP contribution in [0.15, 0.2) is 18.2 Å². The van der Waals surface area contributed by atoms with E-state index in [1.165, 1.54) is 5.56 Å². The zero-order valence-corrected chi connectivity index (χ0v) is 12.5. The van der Waals surface area contributed by atoms with Crippen LogP contribution in [-0.2, 0) is 6.54 Å². The van der Waals surface area contributed by atoms with E-state index in [0.29, 0.717) is 24.5 Å². The minimum atomic E-state index is 0.336. The Morgan fingerprint density at radius 3 is 2.68 bits per heavy atom. The minimum Gasteiger partial charge on any atom is -0.486 e. The zero-order valence-electron chi connectivity index (χ0n) is 12.5. The lowest BCUT2D eigenvalue weighted by atomic mass is 9.82. The third-order valence-corrected chi connectivity index (χ3v) is 3.89. The van der Waals surface area contributed by atoms with Crippen molar-refractivity contribution in [3.8, 4) is 11.5 Å². The molecule has 106 valence electrons. The number of para-hydroxylation sites is 1. The average molecular weight is 263 g/mol. The van der Waals surface area contributed by atoms with Crippen molar-refractivity contribution < 1.29 is 9.47 Å². The number of benzene rings is 1. The first kappa shape index (κ1) is 14.2. The van der Waals surface area contributed by atoms with Gasteiger partial charge in [0.15, 0.2) is 11.5 Å². The van der Waals surface area contributed by atoms with E-state index >= 15 is 0 Å². The van der Waals surface area contributed by atoms with Crippen molar-refractivity contribution in [3.05, 3.63) is 23.8 Å². The second-order valence-electron chi connectivity index (χ2n) is 6.34. The fourth-order valence-corrected chi connectivity index (χ4v) is 2.00. The lowest BCUT2D eigenvalue weighted by Crippen LogP contribution is -2.29. The summed E-state index contributed by atoms with van der Waals surface area (Å²) < 4.78 is 11.3. The van der Waals surface area contributed by atoms with E-state index < -0.39 is 0 Å². The first-order valence-corrected chi connectivity index (χ1v) is 7.06. The molecule has 0 aliphatic carbocycles. The van der Waals surface area contributed by atoms with E-state index in [0.717, 1.165) is 24.6 Å². The quantitative estimate of drug-likeness (QED) is 0.904. The van der Waals surface area contributed by atoms with Crippen molar-refractivity contribution in [1.29, 1.82) is 0 Å². The molecule has 0 amide bonds. The molecular weight excluding hydrogens is 238 g/mol. The molecule has 1 heterocycles. The van der Waals surface area contributed by atoms with Gasteiger partial charge < -0.3 is 14.8 Å². The summed E-state index contributed by atoms with van der Waals surface area (Å²) >= 11 is 0. The summed E-state index contributed by atoms with van der Waals surface area (Å²) in [6.45, 7) is 12.2. The highest BCUT2D eigenvalue weighted by molar-refractivity contribution is 5.47. The van der Waals surface area contributed by atoms with Crippen molar-refractivity contribution in [1.82, 2.24) is 5.32 Å². The Morgan fingerprint density at radius 1 is 1.21 bits per heavy atom. The van der Waals surface area contributed by atoms with Gasteiger partial charge >= 0.3 is 0 Å². The second-order valence-corrected chi connectivity index (χ2v) is 6.34. The van der Waals surface area contributed by atoms with Crippen LogP contribution in [-0.4, -0.2) is 19.8 Å². The monoisotopic (exact) mass is 263 g/mol. The Kier molecular flexibility index (Phi) is 4.35. The van der Waals surface area contributed by atoms with Gasteiger partial charge in [-0.15, -0.1) is 0 Å². The second kappa shape index (κ2) is 5.83. The number of hydrogen-bond acceptors (Lipinski definition) is 3. The molecule has 1 aromatic rings. The van der Waals surface area contributed by atoms with Gasteiger partial charge in [-0.25, -0.2) is 0 Å². The van der Waals surface area contributed by atoms with Crippen LogP contribution in [0.1, 0.15) is 33.3 Å². The molecular formula is C16H25NO2. The van der Waals surface area contributed by atoms with Gasteiger partial charge in [0.05, 0.1) is 0 Å². The molecule has 1 atom stereocenters. The molecule has 1 aromatic carbocycles. The third kappa shape index (κ3) is 3.63. The lowest BCUT2D eigenvalue weighted by molar-refractivity contribution is 0.169. The molecule has 0 fully saturated rings. The first-order valence-electron chi connectivity index (χ1n) is 7.06. The number of ether oxygens (including phenoxy) is 2. The summed E-state index contributed by atoms with van der Waals surface area (Å²) in [6, 6.07) is 6.09. The van der Waals surface area contributed by atoms with E-state index in [4.69, 9.17) is 9.47 Å². The molecule has 3 nitrogen and oxygen atoms in total. The van der Waals surface area contributed by atoms with Gasteiger partial charge in [0, 0.05) is 12.1 Å². The Balaban J connectivity index is 1.93. The van der Waals surface area contributed by atoms with Crippen LogP contribution in [0.4, 0.5) is 0 Å². The molecule has 0 bridgehead atoms. The van der Waals surface area contributed by atoms with Crippen LogP contribution in [0.2, 0.25) is 0 Å². The van der Waals surface area contributed by atoms with E-state index in [1.54, 1.807) is 0 Å². The summed E-state index contributed by atoms with van der Waals surface area (Å²) in [7, 11) is 0. The lowest BCUT2D eigenvalue weighted by Gasteiger charge is -2.28. The summed E-state index contributed by atoms with van der Waals surface area (Å²) in [6.07, 6.45) is 0. The molecule has 1 N–H and O–H groups in total. The van der Waals surface area contributed by atoms with Gasteiger partial charge in [-0.05, 0) is 23.9 Å². The third-order valence-electron chi connectivity index (χ3n) is 3.89. The van der Waals surface area contributed by atoms with Gasteiger partial charge in [0.1, 0.15) is 13.2 Å². The average Bonchev–Trinajstić information content (AvgIpc) is 2.38. The minimum absolute atomic E-state index is 0.336. The topological polar surface area (TPSA) is 30.5 Å². The van der Waals surface area contributed by atoms with Crippen LogP contribution in [0, 0.1) is 11.3 Å². The number of rotatable bonds is 4. The Bertz CT molecular complexity index is 423. The normalized spacial score (nSPS) is 16.2. The van der Waals surface area contributed by atoms with Gasteiger partial charge in [-0.2, -0.15) is 0 Å². The predicted octanol–water partition coefficient (Wildman–Crippen LogP) is 3.23. The number of fused-ring (bicyclic) bond motifs is 1. The van der Waals surface area contributed by atoms with E-state index in [-0.39, 0.29) is 0 Å². The molecule has 1 unspecified atom stereocenters. The maximum absolute atomic E-state index is 5.71. The molecule has 2 rings (SSSR count). The van der Waals surface area contributed by atoms with Crippen molar-refractivity contribution in [2.45, 2.75) is 34.2 Å². The molecule has 0 radical (unpaired) electrons. The van der Waals surface area contributed by atoms with Gasteiger partial charge in [0.25, 0.3) is 0 Å². The summed E-state index contributed by atoms with van der Waals surface area (Å²) in [5.41, 5.74) is 1.52. The van der Waals surface area contributed by atoms with Crippen molar-refractivity contribution in [2.75, 3.05) is 19.8 Å². The highest BCUT2D eigenvalue weighted by Crippen LogP contribution is 2.33. The molecule has 0 saturated heterocycles. The largest absolute Gasteiger partial charge is 0.486 e. The van der Waals surface area contributed by atoms with E-state index in [1.807, 2.05) is 12.1 Å². The number of nitrogens with one attached hydrogen (secondary N) is 1. The highest BCUT2D eigenvalue weighted by Gasteiger charge is 2.20. The zero-order chi connectivity index (χ0) is 13.9. The number of hydrogen-bond donors (Lipinski definition) is 1. The predicted molar refractivity (Wildman–Crippen MR) is 77.8 cm³/mol. The Morgan fingerprint density at radius 2 is 1.95 bits per heavy atom. The van der Waals surface area contributed by atoms with Crippen LogP contribution in [0.25, 0.3) is 0 Å². The molecule has 0 spiro atoms. The van der Waals surface area contributed by atoms with Crippen molar-refractivity contribution in [2.24, 2.45) is 11.3 Å². The summed E-state index contributed by atoms with van der Waals surface area (Å²) in [5, 5.41) is 3.52. The maximum Gasteiger partial charge on any atom is 0.165 e.